The highest BCUT2D eigenvalue weighted by Crippen LogP contribution is 2.52. The van der Waals surface area contributed by atoms with Gasteiger partial charge in [-0.2, -0.15) is 0 Å². The summed E-state index contributed by atoms with van der Waals surface area (Å²) in [6, 6.07) is 5.90. The lowest BCUT2D eigenvalue weighted by molar-refractivity contribution is -0.102. The molecule has 4 heteroatoms. The van der Waals surface area contributed by atoms with Gasteiger partial charge in [-0.05, 0) is 53.7 Å². The van der Waals surface area contributed by atoms with Crippen molar-refractivity contribution < 1.29 is 9.90 Å². The maximum Gasteiger partial charge on any atom is 0.315 e. The molecule has 0 spiro atoms. The second kappa shape index (κ2) is 6.31. The number of urea groups is 1. The Bertz CT molecular complexity index is 666. The zero-order valence-corrected chi connectivity index (χ0v) is 16.0. The van der Waals surface area contributed by atoms with Crippen LogP contribution < -0.4 is 5.73 Å². The van der Waals surface area contributed by atoms with E-state index in [0.717, 1.165) is 24.0 Å². The van der Waals surface area contributed by atoms with E-state index in [0.29, 0.717) is 19.0 Å². The fraction of sp³-hybridized carbons (Fsp3) is 0.667. The highest BCUT2D eigenvalue weighted by Gasteiger charge is 2.48. The SMILES string of the molecule is CC1CCCC(C)(C)[C@H]1[C@@](C)(O)c1ccc2c(c1)CCN(C(N)=O)C2. The molecule has 1 aliphatic heterocycles. The lowest BCUT2D eigenvalue weighted by Crippen LogP contribution is -2.47. The Labute approximate surface area is 151 Å². The predicted octanol–water partition coefficient (Wildman–Crippen LogP) is 3.79. The Morgan fingerprint density at radius 1 is 1.36 bits per heavy atom. The average Bonchev–Trinajstić information content (AvgIpc) is 2.52. The van der Waals surface area contributed by atoms with Crippen LogP contribution in [0.5, 0.6) is 0 Å². The summed E-state index contributed by atoms with van der Waals surface area (Å²) in [5, 5.41) is 11.6. The van der Waals surface area contributed by atoms with E-state index in [2.05, 4.69) is 32.9 Å². The molecule has 3 atom stereocenters. The molecule has 0 radical (unpaired) electrons. The Kier molecular flexibility index (Phi) is 4.61. The van der Waals surface area contributed by atoms with Gasteiger partial charge < -0.3 is 15.7 Å². The molecule has 3 rings (SSSR count). The number of hydrogen-bond donors (Lipinski definition) is 2. The number of nitrogens with two attached hydrogens (primary N) is 1. The molecule has 1 aromatic rings. The van der Waals surface area contributed by atoms with E-state index in [1.165, 1.54) is 18.4 Å². The molecule has 1 heterocycles. The molecule has 1 saturated carbocycles. The maximum absolute atomic E-state index is 11.6. The van der Waals surface area contributed by atoms with Crippen LogP contribution in [-0.2, 0) is 18.6 Å². The van der Waals surface area contributed by atoms with Gasteiger partial charge in [0.1, 0.15) is 0 Å². The van der Waals surface area contributed by atoms with Crippen molar-refractivity contribution in [2.45, 2.75) is 65.5 Å². The molecular weight excluding hydrogens is 312 g/mol. The summed E-state index contributed by atoms with van der Waals surface area (Å²) in [5.74, 6) is 0.734. The highest BCUT2D eigenvalue weighted by atomic mass is 16.3. The predicted molar refractivity (Wildman–Crippen MR) is 100.0 cm³/mol. The van der Waals surface area contributed by atoms with Crippen molar-refractivity contribution in [1.29, 1.82) is 0 Å². The molecule has 2 aliphatic rings. The van der Waals surface area contributed by atoms with Gasteiger partial charge >= 0.3 is 6.03 Å². The van der Waals surface area contributed by atoms with Crippen molar-refractivity contribution in [1.82, 2.24) is 4.90 Å². The van der Waals surface area contributed by atoms with Crippen LogP contribution in [0.3, 0.4) is 0 Å². The molecular formula is C21H32N2O2. The van der Waals surface area contributed by atoms with Crippen LogP contribution >= 0.6 is 0 Å². The first-order valence-corrected chi connectivity index (χ1v) is 9.52. The molecule has 1 unspecified atom stereocenters. The molecule has 138 valence electrons. The van der Waals surface area contributed by atoms with Gasteiger partial charge in [0.2, 0.25) is 0 Å². The zero-order chi connectivity index (χ0) is 18.4. The molecule has 0 saturated heterocycles. The lowest BCUT2D eigenvalue weighted by atomic mass is 9.57. The van der Waals surface area contributed by atoms with Gasteiger partial charge in [0.05, 0.1) is 5.60 Å². The molecule has 1 fully saturated rings. The summed E-state index contributed by atoms with van der Waals surface area (Å²) < 4.78 is 0. The van der Waals surface area contributed by atoms with E-state index in [9.17, 15) is 9.90 Å². The summed E-state index contributed by atoms with van der Waals surface area (Å²) in [7, 11) is 0. The monoisotopic (exact) mass is 344 g/mol. The van der Waals surface area contributed by atoms with Gasteiger partial charge in [-0.3, -0.25) is 0 Å². The van der Waals surface area contributed by atoms with Crippen LogP contribution in [0.4, 0.5) is 4.79 Å². The number of amides is 2. The standard InChI is InChI=1S/C21H32N2O2/c1-14-6-5-10-20(2,3)18(14)21(4,25)17-8-7-16-13-23(19(22)24)11-9-15(16)12-17/h7-8,12,14,18,25H,5-6,9-11,13H2,1-4H3,(H2,22,24)/t14?,18-,21-/m0/s1. The number of carbonyl (C=O) groups is 1. The van der Waals surface area contributed by atoms with E-state index in [1.54, 1.807) is 4.90 Å². The number of hydrogen-bond acceptors (Lipinski definition) is 2. The Balaban J connectivity index is 1.92. The smallest absolute Gasteiger partial charge is 0.315 e. The maximum atomic E-state index is 11.6. The first-order valence-electron chi connectivity index (χ1n) is 9.52. The molecule has 1 aliphatic carbocycles. The molecule has 1 aromatic carbocycles. The molecule has 0 bridgehead atoms. The van der Waals surface area contributed by atoms with Gasteiger partial charge in [-0.1, -0.05) is 51.8 Å². The van der Waals surface area contributed by atoms with Crippen LogP contribution in [0.2, 0.25) is 0 Å². The quantitative estimate of drug-likeness (QED) is 0.857. The van der Waals surface area contributed by atoms with E-state index in [1.807, 2.05) is 13.0 Å². The van der Waals surface area contributed by atoms with Crippen LogP contribution in [0, 0.1) is 17.3 Å². The third-order valence-electron chi connectivity index (χ3n) is 6.61. The molecule has 25 heavy (non-hydrogen) atoms. The third kappa shape index (κ3) is 3.29. The fourth-order valence-corrected chi connectivity index (χ4v) is 5.52. The van der Waals surface area contributed by atoms with E-state index in [-0.39, 0.29) is 17.4 Å². The summed E-state index contributed by atoms with van der Waals surface area (Å²) in [5.41, 5.74) is 8.07. The van der Waals surface area contributed by atoms with Gasteiger partial charge in [0.15, 0.2) is 0 Å². The summed E-state index contributed by atoms with van der Waals surface area (Å²) in [4.78, 5) is 13.1. The fourth-order valence-electron chi connectivity index (χ4n) is 5.52. The van der Waals surface area contributed by atoms with E-state index >= 15 is 0 Å². The Morgan fingerprint density at radius 3 is 2.72 bits per heavy atom. The zero-order valence-electron chi connectivity index (χ0n) is 16.0. The van der Waals surface area contributed by atoms with E-state index in [4.69, 9.17) is 5.73 Å². The minimum Gasteiger partial charge on any atom is -0.385 e. The topological polar surface area (TPSA) is 66.6 Å². The van der Waals surface area contributed by atoms with Gasteiger partial charge in [0, 0.05) is 13.1 Å². The lowest BCUT2D eigenvalue weighted by Gasteiger charge is -2.50. The van der Waals surface area contributed by atoms with Crippen LogP contribution in [0.1, 0.15) is 63.6 Å². The second-order valence-corrected chi connectivity index (χ2v) is 8.98. The molecule has 3 N–H and O–H groups in total. The van der Waals surface area contributed by atoms with Crippen molar-refractivity contribution in [3.05, 3.63) is 34.9 Å². The van der Waals surface area contributed by atoms with Gasteiger partial charge in [0.25, 0.3) is 0 Å². The number of primary amides is 1. The highest BCUT2D eigenvalue weighted by molar-refractivity contribution is 5.72. The van der Waals surface area contributed by atoms with Gasteiger partial charge in [-0.25, -0.2) is 4.79 Å². The van der Waals surface area contributed by atoms with E-state index < -0.39 is 5.60 Å². The third-order valence-corrected chi connectivity index (χ3v) is 6.61. The Hall–Kier alpha value is -1.55. The second-order valence-electron chi connectivity index (χ2n) is 8.98. The largest absolute Gasteiger partial charge is 0.385 e. The number of nitrogens with zero attached hydrogens (tertiary/aromatic N) is 1. The number of benzene rings is 1. The van der Waals surface area contributed by atoms with Crippen molar-refractivity contribution in [2.75, 3.05) is 6.54 Å². The number of aliphatic hydroxyl groups is 1. The van der Waals surface area contributed by atoms with Crippen molar-refractivity contribution in [2.24, 2.45) is 23.0 Å². The van der Waals surface area contributed by atoms with Crippen LogP contribution in [0.25, 0.3) is 0 Å². The average molecular weight is 344 g/mol. The molecule has 0 aromatic heterocycles. The summed E-state index contributed by atoms with van der Waals surface area (Å²) in [6.07, 6.45) is 4.39. The minimum atomic E-state index is -0.848. The summed E-state index contributed by atoms with van der Waals surface area (Å²) >= 11 is 0. The van der Waals surface area contributed by atoms with Crippen molar-refractivity contribution >= 4 is 6.03 Å². The first-order chi connectivity index (χ1) is 11.6. The van der Waals surface area contributed by atoms with Crippen molar-refractivity contribution in [3.8, 4) is 0 Å². The van der Waals surface area contributed by atoms with Crippen LogP contribution in [-0.4, -0.2) is 22.6 Å². The van der Waals surface area contributed by atoms with Gasteiger partial charge in [-0.15, -0.1) is 0 Å². The normalized spacial score (nSPS) is 28.1. The molecule has 2 amide bonds. The number of fused-ring (bicyclic) bond motifs is 1. The number of rotatable bonds is 2. The van der Waals surface area contributed by atoms with Crippen LogP contribution in [0.15, 0.2) is 18.2 Å². The minimum absolute atomic E-state index is 0.125. The Morgan fingerprint density at radius 2 is 2.08 bits per heavy atom. The van der Waals surface area contributed by atoms with Crippen molar-refractivity contribution in [3.63, 3.8) is 0 Å². The first kappa shape index (κ1) is 18.2. The summed E-state index contributed by atoms with van der Waals surface area (Å²) in [6.45, 7) is 10.1. The molecule has 4 nitrogen and oxygen atoms in total. The number of carbonyl (C=O) groups excluding carboxylic acids is 1.